The Morgan fingerprint density at radius 1 is 0.850 bits per heavy atom. The molecule has 1 spiro atoms. The molecule has 40 heavy (non-hydrogen) atoms. The van der Waals surface area contributed by atoms with Crippen molar-refractivity contribution in [2.75, 3.05) is 6.61 Å². The number of rotatable bonds is 4. The molecule has 3 fully saturated rings. The predicted octanol–water partition coefficient (Wildman–Crippen LogP) is 0.721. The molecule has 10 atom stereocenters. The zero-order valence-corrected chi connectivity index (χ0v) is 24.2. The lowest BCUT2D eigenvalue weighted by Crippen LogP contribution is -2.76. The Labute approximate surface area is 232 Å². The van der Waals surface area contributed by atoms with Crippen molar-refractivity contribution in [1.29, 1.82) is 0 Å². The minimum Gasteiger partial charge on any atom is -0.462 e. The molecule has 2 bridgehead atoms. The van der Waals surface area contributed by atoms with Crippen molar-refractivity contribution in [3.05, 3.63) is 11.1 Å². The van der Waals surface area contributed by atoms with Gasteiger partial charge in [-0.1, -0.05) is 20.8 Å². The molecule has 0 aromatic carbocycles. The van der Waals surface area contributed by atoms with E-state index in [2.05, 4.69) is 0 Å². The van der Waals surface area contributed by atoms with Gasteiger partial charge < -0.3 is 39.0 Å². The smallest absolute Gasteiger partial charge is 0.303 e. The number of epoxide rings is 1. The average Bonchev–Trinajstić information content (AvgIpc) is 3.59. The Morgan fingerprint density at radius 2 is 1.35 bits per heavy atom. The molecule has 0 radical (unpaired) electrons. The second kappa shape index (κ2) is 9.78. The number of hydrogen-bond acceptors (Lipinski definition) is 12. The standard InChI is InChI=1S/C28H40O12/c1-12-17(33)10-28(35)24(40-16(5)32)22-26(8,19(37-13(2)29)9-18(34)27(22)11-36-27)23(39-15(4)31)21(38-14(3)30)20(12)25(28,6)7/h17-19,21-24,33-35H,9-11H2,1-8H3/t17-,18-,19-,21+,22-,23-,24-,26+,27+,28+/m0/s1. The van der Waals surface area contributed by atoms with Gasteiger partial charge in [0, 0.05) is 51.9 Å². The molecule has 1 saturated heterocycles. The number of hydrogen-bond donors (Lipinski definition) is 3. The van der Waals surface area contributed by atoms with Gasteiger partial charge in [0.25, 0.3) is 0 Å². The van der Waals surface area contributed by atoms with Crippen molar-refractivity contribution >= 4 is 23.9 Å². The van der Waals surface area contributed by atoms with Crippen LogP contribution in [0.3, 0.4) is 0 Å². The van der Waals surface area contributed by atoms with E-state index in [-0.39, 0.29) is 25.0 Å². The lowest BCUT2D eigenvalue weighted by atomic mass is 9.45. The third kappa shape index (κ3) is 4.34. The molecule has 4 aliphatic rings. The van der Waals surface area contributed by atoms with Crippen LogP contribution in [0, 0.1) is 16.7 Å². The molecule has 12 nitrogen and oxygen atoms in total. The van der Waals surface area contributed by atoms with Crippen LogP contribution >= 0.6 is 0 Å². The van der Waals surface area contributed by atoms with Gasteiger partial charge in [0.15, 0.2) is 12.2 Å². The third-order valence-corrected chi connectivity index (χ3v) is 9.69. The van der Waals surface area contributed by atoms with Gasteiger partial charge in [-0.25, -0.2) is 0 Å². The Bertz CT molecular complexity index is 1140. The van der Waals surface area contributed by atoms with Gasteiger partial charge in [0.2, 0.25) is 0 Å². The van der Waals surface area contributed by atoms with E-state index in [4.69, 9.17) is 23.7 Å². The molecule has 2 saturated carbocycles. The summed E-state index contributed by atoms with van der Waals surface area (Å²) in [4.78, 5) is 50.3. The van der Waals surface area contributed by atoms with Gasteiger partial charge in [-0.15, -0.1) is 0 Å². The second-order valence-corrected chi connectivity index (χ2v) is 12.4. The minimum absolute atomic E-state index is 0.00475. The predicted molar refractivity (Wildman–Crippen MR) is 135 cm³/mol. The van der Waals surface area contributed by atoms with E-state index in [1.807, 2.05) is 0 Å². The van der Waals surface area contributed by atoms with E-state index in [9.17, 15) is 34.5 Å². The summed E-state index contributed by atoms with van der Waals surface area (Å²) in [7, 11) is 0. The maximum Gasteiger partial charge on any atom is 0.303 e. The molecule has 1 heterocycles. The van der Waals surface area contributed by atoms with E-state index >= 15 is 0 Å². The average molecular weight is 569 g/mol. The summed E-state index contributed by atoms with van der Waals surface area (Å²) >= 11 is 0. The molecule has 0 unspecified atom stereocenters. The summed E-state index contributed by atoms with van der Waals surface area (Å²) in [6.07, 6.45) is -8.22. The summed E-state index contributed by atoms with van der Waals surface area (Å²) in [6.45, 7) is 11.3. The molecule has 1 aliphatic heterocycles. The van der Waals surface area contributed by atoms with Gasteiger partial charge in [-0.05, 0) is 18.1 Å². The molecule has 4 rings (SSSR count). The summed E-state index contributed by atoms with van der Waals surface area (Å²) in [6, 6.07) is 0. The fourth-order valence-corrected chi connectivity index (χ4v) is 7.79. The van der Waals surface area contributed by atoms with Crippen molar-refractivity contribution in [1.82, 2.24) is 0 Å². The molecular formula is C28H40O12. The third-order valence-electron chi connectivity index (χ3n) is 9.69. The van der Waals surface area contributed by atoms with Crippen molar-refractivity contribution < 1.29 is 58.2 Å². The number of esters is 4. The van der Waals surface area contributed by atoms with Crippen LogP contribution in [-0.4, -0.2) is 93.6 Å². The fraction of sp³-hybridized carbons (Fsp3) is 0.786. The molecule has 0 amide bonds. The normalized spacial score (nSPS) is 43.5. The van der Waals surface area contributed by atoms with E-state index in [1.54, 1.807) is 27.7 Å². The Hall–Kier alpha value is -2.54. The monoisotopic (exact) mass is 568 g/mol. The summed E-state index contributed by atoms with van der Waals surface area (Å²) < 4.78 is 29.4. The first kappa shape index (κ1) is 30.4. The minimum atomic E-state index is -2.00. The number of aliphatic hydroxyl groups is 3. The number of carbonyl (C=O) groups excluding carboxylic acids is 4. The Kier molecular flexibility index (Phi) is 7.44. The SMILES string of the molecule is CC(=O)O[C@@H]1C2=C(C)[C@@H](O)C[C@@](O)([C@@H](OC(C)=O)[C@@H]3[C@@]4(CO4)[C@@H](O)C[C@H](OC(C)=O)[C@@]3(C)[C@H]1OC(C)=O)C2(C)C. The maximum atomic E-state index is 12.7. The largest absolute Gasteiger partial charge is 0.462 e. The van der Waals surface area contributed by atoms with Crippen molar-refractivity contribution in [3.8, 4) is 0 Å². The number of ether oxygens (including phenoxy) is 5. The van der Waals surface area contributed by atoms with Gasteiger partial charge in [0.05, 0.1) is 24.2 Å². The summed E-state index contributed by atoms with van der Waals surface area (Å²) in [5, 5.41) is 35.3. The van der Waals surface area contributed by atoms with Gasteiger partial charge in [-0.3, -0.25) is 19.2 Å². The first-order chi connectivity index (χ1) is 18.3. The highest BCUT2D eigenvalue weighted by molar-refractivity contribution is 5.69. The Balaban J connectivity index is 2.17. The first-order valence-corrected chi connectivity index (χ1v) is 13.5. The van der Waals surface area contributed by atoms with Crippen LogP contribution in [-0.2, 0) is 42.9 Å². The van der Waals surface area contributed by atoms with Crippen LogP contribution < -0.4 is 0 Å². The summed E-state index contributed by atoms with van der Waals surface area (Å²) in [5.74, 6) is -4.06. The second-order valence-electron chi connectivity index (χ2n) is 12.4. The molecular weight excluding hydrogens is 528 g/mol. The maximum absolute atomic E-state index is 12.7. The highest BCUT2D eigenvalue weighted by Crippen LogP contribution is 2.66. The topological polar surface area (TPSA) is 178 Å². The van der Waals surface area contributed by atoms with E-state index in [1.165, 1.54) is 27.7 Å². The van der Waals surface area contributed by atoms with Crippen LogP contribution in [0.25, 0.3) is 0 Å². The van der Waals surface area contributed by atoms with Gasteiger partial charge >= 0.3 is 23.9 Å². The quantitative estimate of drug-likeness (QED) is 0.188. The number of aliphatic hydroxyl groups excluding tert-OH is 2. The van der Waals surface area contributed by atoms with Crippen molar-refractivity contribution in [2.24, 2.45) is 16.7 Å². The highest BCUT2D eigenvalue weighted by Gasteiger charge is 2.79. The Morgan fingerprint density at radius 3 is 1.82 bits per heavy atom. The van der Waals surface area contributed by atoms with Crippen molar-refractivity contribution in [3.63, 3.8) is 0 Å². The molecule has 3 aliphatic carbocycles. The van der Waals surface area contributed by atoms with Crippen LogP contribution in [0.1, 0.15) is 68.2 Å². The molecule has 0 aromatic rings. The van der Waals surface area contributed by atoms with Gasteiger partial charge in [-0.2, -0.15) is 0 Å². The van der Waals surface area contributed by atoms with Crippen LogP contribution in [0.4, 0.5) is 0 Å². The van der Waals surface area contributed by atoms with Crippen LogP contribution in [0.5, 0.6) is 0 Å². The van der Waals surface area contributed by atoms with E-state index in [0.717, 1.165) is 0 Å². The first-order valence-electron chi connectivity index (χ1n) is 13.5. The van der Waals surface area contributed by atoms with Crippen LogP contribution in [0.15, 0.2) is 11.1 Å². The van der Waals surface area contributed by atoms with E-state index in [0.29, 0.717) is 5.57 Å². The van der Waals surface area contributed by atoms with Crippen molar-refractivity contribution in [2.45, 2.75) is 116 Å². The van der Waals surface area contributed by atoms with E-state index < -0.39 is 88.5 Å². The molecule has 3 N–H and O–H groups in total. The molecule has 224 valence electrons. The summed E-state index contributed by atoms with van der Waals surface area (Å²) in [5.41, 5.74) is -5.62. The zero-order chi connectivity index (χ0) is 30.2. The number of carbonyl (C=O) groups is 4. The number of fused-ring (bicyclic) bond motifs is 4. The highest BCUT2D eigenvalue weighted by atomic mass is 16.6. The van der Waals surface area contributed by atoms with Gasteiger partial charge in [0.1, 0.15) is 23.4 Å². The molecule has 12 heteroatoms. The van der Waals surface area contributed by atoms with Crippen LogP contribution in [0.2, 0.25) is 0 Å². The lowest BCUT2D eigenvalue weighted by Gasteiger charge is -2.64. The lowest BCUT2D eigenvalue weighted by molar-refractivity contribution is -0.283. The fourth-order valence-electron chi connectivity index (χ4n) is 7.79. The molecule has 0 aromatic heterocycles. The zero-order valence-electron chi connectivity index (χ0n) is 24.2.